The Hall–Kier alpha value is -0.473. The molecule has 0 aromatic carbocycles. The molecule has 0 radical (unpaired) electrons. The van der Waals surface area contributed by atoms with Crippen molar-refractivity contribution in [3.8, 4) is 0 Å². The lowest BCUT2D eigenvalue weighted by Gasteiger charge is -2.39. The standard InChI is InChI=1S/C16H28O6Si/c1-9(17)18-16-12-10(19-15(5,6)20-12)11(13(16)21-16)22-23(7,8)14(2,3)4/h10-13H,1-8H3/t10-,11+,12-,13-,16-/m1/s1. The minimum Gasteiger partial charge on any atom is -0.427 e. The fraction of sp³-hybridized carbons (Fsp3) is 0.938. The van der Waals surface area contributed by atoms with Gasteiger partial charge >= 0.3 is 5.97 Å². The van der Waals surface area contributed by atoms with Crippen LogP contribution in [0.2, 0.25) is 18.1 Å². The van der Waals surface area contributed by atoms with Crippen LogP contribution >= 0.6 is 0 Å². The van der Waals surface area contributed by atoms with E-state index in [1.807, 2.05) is 13.8 Å². The Labute approximate surface area is 138 Å². The largest absolute Gasteiger partial charge is 0.427 e. The highest BCUT2D eigenvalue weighted by Gasteiger charge is 2.82. The average molecular weight is 344 g/mol. The van der Waals surface area contributed by atoms with Crippen LogP contribution < -0.4 is 0 Å². The Bertz CT molecular complexity index is 525. The third kappa shape index (κ3) is 2.66. The molecule has 0 N–H and O–H groups in total. The first kappa shape index (κ1) is 17.4. The van der Waals surface area contributed by atoms with Gasteiger partial charge in [-0.1, -0.05) is 20.8 Å². The minimum absolute atomic E-state index is 0.0685. The summed E-state index contributed by atoms with van der Waals surface area (Å²) in [6, 6.07) is 0. The lowest BCUT2D eigenvalue weighted by Crippen LogP contribution is -2.49. The molecule has 2 saturated heterocycles. The van der Waals surface area contributed by atoms with Crippen LogP contribution in [0.5, 0.6) is 0 Å². The molecule has 3 rings (SSSR count). The zero-order chi connectivity index (χ0) is 17.4. The molecule has 1 aliphatic carbocycles. The zero-order valence-electron chi connectivity index (χ0n) is 15.3. The molecule has 2 heterocycles. The van der Waals surface area contributed by atoms with Gasteiger partial charge in [-0.2, -0.15) is 0 Å². The molecule has 0 unspecified atom stereocenters. The molecule has 3 fully saturated rings. The van der Waals surface area contributed by atoms with Crippen molar-refractivity contribution in [3.63, 3.8) is 0 Å². The second-order valence-electron chi connectivity index (χ2n) is 8.72. The monoisotopic (exact) mass is 344 g/mol. The van der Waals surface area contributed by atoms with Crippen LogP contribution in [0.3, 0.4) is 0 Å². The van der Waals surface area contributed by atoms with Gasteiger partial charge in [0.15, 0.2) is 26.3 Å². The van der Waals surface area contributed by atoms with E-state index in [4.69, 9.17) is 23.4 Å². The number of hydrogen-bond acceptors (Lipinski definition) is 6. The fourth-order valence-corrected chi connectivity index (χ4v) is 4.50. The Morgan fingerprint density at radius 1 is 1.09 bits per heavy atom. The van der Waals surface area contributed by atoms with Crippen LogP contribution in [-0.4, -0.2) is 50.3 Å². The summed E-state index contributed by atoms with van der Waals surface area (Å²) >= 11 is 0. The number of fused-ring (bicyclic) bond motifs is 3. The van der Waals surface area contributed by atoms with Crippen LogP contribution in [-0.2, 0) is 28.2 Å². The van der Waals surface area contributed by atoms with E-state index in [0.717, 1.165) is 0 Å². The quantitative estimate of drug-likeness (QED) is 0.445. The normalized spacial score (nSPS) is 41.4. The second-order valence-corrected chi connectivity index (χ2v) is 13.5. The number of carbonyl (C=O) groups is 1. The predicted octanol–water partition coefficient (Wildman–Crippen LogP) is 2.57. The van der Waals surface area contributed by atoms with Crippen LogP contribution in [0.15, 0.2) is 0 Å². The molecule has 0 amide bonds. The first-order chi connectivity index (χ1) is 10.3. The van der Waals surface area contributed by atoms with Gasteiger partial charge in [-0.05, 0) is 32.0 Å². The molecule has 0 bridgehead atoms. The fourth-order valence-electron chi connectivity index (χ4n) is 3.21. The lowest BCUT2D eigenvalue weighted by molar-refractivity contribution is -0.190. The summed E-state index contributed by atoms with van der Waals surface area (Å²) in [4.78, 5) is 11.5. The van der Waals surface area contributed by atoms with E-state index in [0.29, 0.717) is 0 Å². The van der Waals surface area contributed by atoms with E-state index in [-0.39, 0.29) is 29.3 Å². The lowest BCUT2D eigenvalue weighted by atomic mass is 10.2. The van der Waals surface area contributed by atoms with E-state index < -0.39 is 26.0 Å². The minimum atomic E-state index is -2.02. The van der Waals surface area contributed by atoms with E-state index >= 15 is 0 Å². The van der Waals surface area contributed by atoms with E-state index in [9.17, 15) is 4.79 Å². The third-order valence-electron chi connectivity index (χ3n) is 5.34. The number of esters is 1. The molecule has 2 aliphatic heterocycles. The summed E-state index contributed by atoms with van der Waals surface area (Å²) in [5.74, 6) is -2.17. The van der Waals surface area contributed by atoms with Crippen LogP contribution in [0.1, 0.15) is 41.5 Å². The Morgan fingerprint density at radius 2 is 1.70 bits per heavy atom. The van der Waals surface area contributed by atoms with Crippen molar-refractivity contribution in [1.82, 2.24) is 0 Å². The summed E-state index contributed by atoms with van der Waals surface area (Å²) < 4.78 is 29.8. The Kier molecular flexibility index (Phi) is 3.61. The van der Waals surface area contributed by atoms with Gasteiger partial charge in [0.2, 0.25) is 0 Å². The van der Waals surface area contributed by atoms with Crippen LogP contribution in [0.25, 0.3) is 0 Å². The SMILES string of the molecule is CC(=O)O[C@]12O[C@@H]1[C@@H](O[Si](C)(C)C(C)(C)C)[C@H]1OC(C)(C)O[C@H]12. The highest BCUT2D eigenvalue weighted by Crippen LogP contribution is 2.59. The van der Waals surface area contributed by atoms with Gasteiger partial charge in [0.1, 0.15) is 12.2 Å². The molecule has 0 spiro atoms. The van der Waals surface area contributed by atoms with Gasteiger partial charge in [0, 0.05) is 6.92 Å². The Morgan fingerprint density at radius 3 is 2.22 bits per heavy atom. The first-order valence-corrected chi connectivity index (χ1v) is 11.1. The molecule has 0 aromatic heterocycles. The number of hydrogen-bond donors (Lipinski definition) is 0. The van der Waals surface area contributed by atoms with E-state index in [2.05, 4.69) is 33.9 Å². The number of carbonyl (C=O) groups excluding carboxylic acids is 1. The molecular formula is C16H28O6Si. The highest BCUT2D eigenvalue weighted by molar-refractivity contribution is 6.74. The molecule has 132 valence electrons. The van der Waals surface area contributed by atoms with Gasteiger partial charge in [-0.15, -0.1) is 0 Å². The molecule has 1 saturated carbocycles. The van der Waals surface area contributed by atoms with Crippen LogP contribution in [0, 0.1) is 0 Å². The number of epoxide rings is 1. The zero-order valence-corrected chi connectivity index (χ0v) is 16.3. The smallest absolute Gasteiger partial charge is 0.305 e. The molecule has 23 heavy (non-hydrogen) atoms. The van der Waals surface area contributed by atoms with Gasteiger partial charge in [-0.3, -0.25) is 4.79 Å². The third-order valence-corrected chi connectivity index (χ3v) is 9.81. The molecule has 5 atom stereocenters. The molecular weight excluding hydrogens is 316 g/mol. The summed E-state index contributed by atoms with van der Waals surface area (Å²) in [6.45, 7) is 16.0. The average Bonchev–Trinajstić information content (AvgIpc) is 2.86. The maximum atomic E-state index is 11.5. The van der Waals surface area contributed by atoms with Crippen molar-refractivity contribution in [2.24, 2.45) is 0 Å². The maximum absolute atomic E-state index is 11.5. The maximum Gasteiger partial charge on any atom is 0.305 e. The van der Waals surface area contributed by atoms with Crippen LogP contribution in [0.4, 0.5) is 0 Å². The van der Waals surface area contributed by atoms with Crippen molar-refractivity contribution < 1.29 is 28.2 Å². The van der Waals surface area contributed by atoms with Crippen molar-refractivity contribution in [1.29, 1.82) is 0 Å². The van der Waals surface area contributed by atoms with Crippen molar-refractivity contribution in [2.75, 3.05) is 0 Å². The summed E-state index contributed by atoms with van der Waals surface area (Å²) in [6.07, 6.45) is -1.31. The van der Waals surface area contributed by atoms with E-state index in [1.54, 1.807) is 0 Å². The summed E-state index contributed by atoms with van der Waals surface area (Å²) in [5, 5.41) is 0.0685. The van der Waals surface area contributed by atoms with Crippen molar-refractivity contribution >= 4 is 14.3 Å². The topological polar surface area (TPSA) is 66.5 Å². The van der Waals surface area contributed by atoms with Gasteiger partial charge < -0.3 is 23.4 Å². The van der Waals surface area contributed by atoms with Gasteiger partial charge in [0.05, 0.1) is 0 Å². The predicted molar refractivity (Wildman–Crippen MR) is 85.3 cm³/mol. The second kappa shape index (κ2) is 4.79. The van der Waals surface area contributed by atoms with Gasteiger partial charge in [-0.25, -0.2) is 0 Å². The molecule has 0 aromatic rings. The molecule has 3 aliphatic rings. The number of ether oxygens (including phenoxy) is 4. The molecule has 6 nitrogen and oxygen atoms in total. The molecule has 7 heteroatoms. The number of rotatable bonds is 3. The first-order valence-electron chi connectivity index (χ1n) is 8.20. The highest BCUT2D eigenvalue weighted by atomic mass is 28.4. The summed E-state index contributed by atoms with van der Waals surface area (Å²) in [7, 11) is -2.02. The Balaban J connectivity index is 1.86. The van der Waals surface area contributed by atoms with E-state index in [1.165, 1.54) is 6.92 Å². The van der Waals surface area contributed by atoms with Crippen molar-refractivity contribution in [2.45, 2.75) is 95.7 Å². The summed E-state index contributed by atoms with van der Waals surface area (Å²) in [5.41, 5.74) is 0. The van der Waals surface area contributed by atoms with Gasteiger partial charge in [0.25, 0.3) is 5.79 Å². The van der Waals surface area contributed by atoms with Crippen molar-refractivity contribution in [3.05, 3.63) is 0 Å².